The molecule has 18 nitrogen and oxygen atoms in total. The monoisotopic (exact) mass is 1110 g/mol. The zero-order valence-electron chi connectivity index (χ0n) is 49.6. The highest BCUT2D eigenvalue weighted by Gasteiger charge is 2.41. The summed E-state index contributed by atoms with van der Waals surface area (Å²) in [5.74, 6) is -1.62. The van der Waals surface area contributed by atoms with E-state index < -0.39 is 84.3 Å². The summed E-state index contributed by atoms with van der Waals surface area (Å²) in [6, 6.07) is 17.4. The number of likely N-dealkylation sites (N-methyl/N-ethyl adjacent to an activating group) is 4. The number of rotatable bonds is 18. The summed E-state index contributed by atoms with van der Waals surface area (Å²) in [4.78, 5) is 94.4. The lowest BCUT2D eigenvalue weighted by atomic mass is 10.00. The molecule has 4 aromatic rings. The Hall–Kier alpha value is -6.66. The topological polar surface area (TPSA) is 197 Å². The van der Waals surface area contributed by atoms with Gasteiger partial charge in [0.05, 0.1) is 12.5 Å². The Morgan fingerprint density at radius 1 is 0.450 bits per heavy atom. The molecule has 1 aliphatic heterocycles. The van der Waals surface area contributed by atoms with Crippen LogP contribution >= 0.6 is 0 Å². The number of hydrogen-bond acceptors (Lipinski definition) is 16. The first-order chi connectivity index (χ1) is 37.9. The van der Waals surface area contributed by atoms with E-state index in [-0.39, 0.29) is 75.7 Å². The molecule has 2 aromatic heterocycles. The molecule has 18 heteroatoms. The lowest BCUT2D eigenvalue weighted by molar-refractivity contribution is -0.171. The number of carbonyl (C=O) groups excluding carboxylic acids is 6. The van der Waals surface area contributed by atoms with Crippen molar-refractivity contribution in [3.8, 4) is 11.5 Å². The third-order valence-corrected chi connectivity index (χ3v) is 14.0. The van der Waals surface area contributed by atoms with Crippen LogP contribution in [0.15, 0.2) is 94.2 Å². The van der Waals surface area contributed by atoms with Crippen LogP contribution in [0.25, 0.3) is 0 Å². The average molecular weight is 1110 g/mol. The average Bonchev–Trinajstić information content (AvgIpc) is 4.14. The van der Waals surface area contributed by atoms with Crippen molar-refractivity contribution in [1.29, 1.82) is 0 Å². The first-order valence-electron chi connectivity index (χ1n) is 28.1. The Morgan fingerprint density at radius 3 is 1.06 bits per heavy atom. The van der Waals surface area contributed by atoms with Crippen LogP contribution < -0.4 is 9.47 Å². The van der Waals surface area contributed by atoms with E-state index in [0.29, 0.717) is 47.0 Å². The fourth-order valence-corrected chi connectivity index (χ4v) is 9.74. The molecule has 80 heavy (non-hydrogen) atoms. The number of amides is 2. The van der Waals surface area contributed by atoms with Gasteiger partial charge in [-0.1, -0.05) is 79.7 Å². The molecule has 1 fully saturated rings. The van der Waals surface area contributed by atoms with E-state index >= 15 is 0 Å². The van der Waals surface area contributed by atoms with Crippen LogP contribution in [-0.2, 0) is 73.8 Å². The number of carbonyl (C=O) groups is 6. The maximum absolute atomic E-state index is 15.0. The van der Waals surface area contributed by atoms with Crippen LogP contribution in [-0.4, -0.2) is 145 Å². The molecule has 0 N–H and O–H groups in total. The highest BCUT2D eigenvalue weighted by Crippen LogP contribution is 2.25. The molecule has 3 heterocycles. The van der Waals surface area contributed by atoms with Crippen molar-refractivity contribution < 1.29 is 66.0 Å². The van der Waals surface area contributed by atoms with Crippen molar-refractivity contribution in [2.75, 3.05) is 41.3 Å². The van der Waals surface area contributed by atoms with Gasteiger partial charge < -0.3 is 47.1 Å². The SMILES string of the molecule is CC(C)CC1C(=O)OC(Cc2ccc(OCc3ccco3)cc2)C(=O)N(C)C(CC(C)C)C(=O)OC(C)CN(C)C(CC(C)C)C(=O)OC(Cc2ccc(OCc3ccco3)cc2)C(=O)N(C)C(CC(C)C)C(=O)OC(C)CN1C. The standard InChI is InChI=1S/C62H88N4O14/c1-39(2)29-51-59(69)79-55(33-45-19-23-47(24-20-45)75-37-49-17-15-27-73-49)57(67)65(13)54(32-42(7)8)62(72)78-44(10)36-64(12)52(30-40(3)4)60(70)80-56(34-46-21-25-48(26-22-46)76-38-50-18-16-28-74-50)58(68)66(14)53(31-41(5)6)61(71)77-43(9)35-63(51)11/h15-28,39-44,51-56H,29-38H2,1-14H3. The summed E-state index contributed by atoms with van der Waals surface area (Å²) in [5, 5.41) is 0. The summed E-state index contributed by atoms with van der Waals surface area (Å²) >= 11 is 0. The smallest absolute Gasteiger partial charge is 0.329 e. The molecule has 1 saturated heterocycles. The quantitative estimate of drug-likeness (QED) is 0.0675. The molecule has 0 aliphatic carbocycles. The minimum Gasteiger partial charge on any atom is -0.486 e. The summed E-state index contributed by atoms with van der Waals surface area (Å²) in [6.45, 7) is 19.6. The second-order valence-electron chi connectivity index (χ2n) is 23.1. The van der Waals surface area contributed by atoms with E-state index in [2.05, 4.69) is 0 Å². The largest absolute Gasteiger partial charge is 0.486 e. The molecule has 0 bridgehead atoms. The van der Waals surface area contributed by atoms with Crippen LogP contribution in [0, 0.1) is 23.7 Å². The van der Waals surface area contributed by atoms with Crippen LogP contribution in [0.5, 0.6) is 11.5 Å². The van der Waals surface area contributed by atoms with Gasteiger partial charge in [0.2, 0.25) is 0 Å². The van der Waals surface area contributed by atoms with Crippen molar-refractivity contribution in [2.45, 2.75) is 170 Å². The van der Waals surface area contributed by atoms with E-state index in [1.54, 1.807) is 111 Å². The molecular formula is C62H88N4O14. The zero-order chi connectivity index (χ0) is 58.8. The normalized spacial score (nSPS) is 23.5. The Bertz CT molecular complexity index is 2370. The van der Waals surface area contributed by atoms with E-state index in [0.717, 1.165) is 0 Å². The molecule has 440 valence electrons. The predicted molar refractivity (Wildman–Crippen MR) is 301 cm³/mol. The highest BCUT2D eigenvalue weighted by atomic mass is 16.6. The van der Waals surface area contributed by atoms with Crippen molar-refractivity contribution >= 4 is 35.7 Å². The van der Waals surface area contributed by atoms with Crippen LogP contribution in [0.2, 0.25) is 0 Å². The second kappa shape index (κ2) is 30.8. The molecule has 2 amide bonds. The first kappa shape index (κ1) is 64.2. The first-order valence-corrected chi connectivity index (χ1v) is 28.1. The summed E-state index contributed by atoms with van der Waals surface area (Å²) in [6.07, 6.45) is -0.155. The van der Waals surface area contributed by atoms with Crippen molar-refractivity contribution in [3.63, 3.8) is 0 Å². The van der Waals surface area contributed by atoms with Crippen LogP contribution in [0.1, 0.15) is 118 Å². The van der Waals surface area contributed by atoms with Gasteiger partial charge in [-0.3, -0.25) is 29.0 Å². The maximum atomic E-state index is 15.0. The van der Waals surface area contributed by atoms with Gasteiger partial charge in [-0.25, -0.2) is 9.59 Å². The van der Waals surface area contributed by atoms with Crippen LogP contribution in [0.4, 0.5) is 0 Å². The van der Waals surface area contributed by atoms with Gasteiger partial charge in [-0.05, 0) is 137 Å². The number of ether oxygens (including phenoxy) is 6. The number of cyclic esters (lactones) is 4. The van der Waals surface area contributed by atoms with Gasteiger partial charge >= 0.3 is 23.9 Å². The lowest BCUT2D eigenvalue weighted by Gasteiger charge is -2.35. The summed E-state index contributed by atoms with van der Waals surface area (Å²) in [5.41, 5.74) is 1.33. The second-order valence-corrected chi connectivity index (χ2v) is 23.1. The maximum Gasteiger partial charge on any atom is 0.329 e. The summed E-state index contributed by atoms with van der Waals surface area (Å²) < 4.78 is 47.6. The fraction of sp³-hybridized carbons (Fsp3) is 0.581. The molecule has 2 aromatic carbocycles. The van der Waals surface area contributed by atoms with E-state index in [9.17, 15) is 28.8 Å². The Labute approximate surface area is 473 Å². The van der Waals surface area contributed by atoms with Gasteiger partial charge in [-0.15, -0.1) is 0 Å². The van der Waals surface area contributed by atoms with Crippen molar-refractivity contribution in [2.24, 2.45) is 23.7 Å². The number of esters is 4. The number of nitrogens with zero attached hydrogens (tertiary/aromatic N) is 4. The third-order valence-electron chi connectivity index (χ3n) is 14.0. The minimum absolute atomic E-state index is 0.00662. The summed E-state index contributed by atoms with van der Waals surface area (Å²) in [7, 11) is 6.48. The van der Waals surface area contributed by atoms with Crippen LogP contribution in [0.3, 0.4) is 0 Å². The Kier molecular flexibility index (Phi) is 24.7. The zero-order valence-corrected chi connectivity index (χ0v) is 49.6. The van der Waals surface area contributed by atoms with E-state index in [1.165, 1.54) is 23.9 Å². The molecule has 0 saturated carbocycles. The molecule has 8 atom stereocenters. The Balaban J connectivity index is 1.52. The molecule has 0 spiro atoms. The van der Waals surface area contributed by atoms with E-state index in [1.807, 2.05) is 67.5 Å². The number of benzene rings is 2. The van der Waals surface area contributed by atoms with Crippen molar-refractivity contribution in [1.82, 2.24) is 19.6 Å². The van der Waals surface area contributed by atoms with E-state index in [4.69, 9.17) is 37.3 Å². The molecule has 1 aliphatic rings. The van der Waals surface area contributed by atoms with Gasteiger partial charge in [0.25, 0.3) is 11.8 Å². The van der Waals surface area contributed by atoms with Gasteiger partial charge in [-0.2, -0.15) is 0 Å². The predicted octanol–water partition coefficient (Wildman–Crippen LogP) is 8.96. The highest BCUT2D eigenvalue weighted by molar-refractivity contribution is 5.90. The Morgan fingerprint density at radius 2 is 0.762 bits per heavy atom. The van der Waals surface area contributed by atoms with Gasteiger partial charge in [0.15, 0.2) is 12.2 Å². The van der Waals surface area contributed by atoms with Gasteiger partial charge in [0.1, 0.15) is 72.6 Å². The molecular weight excluding hydrogens is 1020 g/mol. The molecule has 8 unspecified atom stereocenters. The van der Waals surface area contributed by atoms with Gasteiger partial charge in [0, 0.05) is 40.0 Å². The number of hydrogen-bond donors (Lipinski definition) is 0. The third kappa shape index (κ3) is 19.9. The lowest BCUT2D eigenvalue weighted by Crippen LogP contribution is -2.53. The molecule has 5 rings (SSSR count). The van der Waals surface area contributed by atoms with Crippen molar-refractivity contribution in [3.05, 3.63) is 108 Å². The molecule has 0 radical (unpaired) electrons. The fourth-order valence-electron chi connectivity index (χ4n) is 9.74. The number of furan rings is 2. The minimum atomic E-state index is -1.38.